The number of hydrogen-bond acceptors (Lipinski definition) is 6. The van der Waals surface area contributed by atoms with Gasteiger partial charge in [0.1, 0.15) is 0 Å². The number of rotatable bonds is 2. The van der Waals surface area contributed by atoms with Crippen LogP contribution < -0.4 is 0 Å². The van der Waals surface area contributed by atoms with E-state index in [0.29, 0.717) is 0 Å². The van der Waals surface area contributed by atoms with Crippen LogP contribution in [0.3, 0.4) is 0 Å². The Hall–Kier alpha value is -2.25. The van der Waals surface area contributed by atoms with Crippen LogP contribution in [-0.4, -0.2) is 31.7 Å². The van der Waals surface area contributed by atoms with Gasteiger partial charge in [-0.25, -0.2) is 14.6 Å². The van der Waals surface area contributed by atoms with E-state index in [1.807, 2.05) is 36.0 Å². The molecule has 1 heterocycles. The summed E-state index contributed by atoms with van der Waals surface area (Å²) in [6, 6.07) is 10.2. The number of aliphatic carboxylic acids is 2. The van der Waals surface area contributed by atoms with E-state index in [1.54, 1.807) is 25.0 Å². The molecule has 0 saturated carbocycles. The summed E-state index contributed by atoms with van der Waals surface area (Å²) in [5.74, 6) is -2.54. The monoisotopic (exact) mass is 551 g/mol. The SMILES string of the molecule is O=C(O)C(=O)O.O=N[O-].[CH2-]C(c1ccccc1)c1nccn1C.[Cl][Pt+]. The van der Waals surface area contributed by atoms with Crippen molar-refractivity contribution in [3.05, 3.63) is 71.2 Å². The first-order valence-corrected chi connectivity index (χ1v) is 9.05. The summed E-state index contributed by atoms with van der Waals surface area (Å²) in [6.45, 7) is 4.13. The molecule has 2 aromatic rings. The summed E-state index contributed by atoms with van der Waals surface area (Å²) in [7, 11) is 6.60. The second kappa shape index (κ2) is 15.3. The van der Waals surface area contributed by atoms with Crippen molar-refractivity contribution in [1.82, 2.24) is 9.55 Å². The van der Waals surface area contributed by atoms with E-state index < -0.39 is 11.9 Å². The average molecular weight is 552 g/mol. The zero-order valence-electron chi connectivity index (χ0n) is 12.9. The maximum atomic E-state index is 9.10. The Labute approximate surface area is 159 Å². The molecule has 0 radical (unpaired) electrons. The second-order valence-corrected chi connectivity index (χ2v) is 4.04. The van der Waals surface area contributed by atoms with Gasteiger partial charge in [0.15, 0.2) is 0 Å². The number of carboxylic acid groups (broad SMARTS) is 2. The van der Waals surface area contributed by atoms with Gasteiger partial charge in [-0.3, -0.25) is 0 Å². The molecular weight excluding hydrogens is 537 g/mol. The molecule has 25 heavy (non-hydrogen) atoms. The molecule has 0 aliphatic rings. The number of nitrogens with zero attached hydrogens (tertiary/aromatic N) is 3. The number of carboxylic acids is 2. The first kappa shape index (κ1) is 25.0. The minimum atomic E-state index is -1.82. The molecule has 140 valence electrons. The van der Waals surface area contributed by atoms with Gasteiger partial charge in [-0.1, -0.05) is 41.8 Å². The second-order valence-electron chi connectivity index (χ2n) is 4.04. The Balaban J connectivity index is 0. The Kier molecular flexibility index (Phi) is 15.3. The van der Waals surface area contributed by atoms with Crippen LogP contribution in [0.1, 0.15) is 17.3 Å². The fourth-order valence-corrected chi connectivity index (χ4v) is 1.55. The molecular formula is C14H15ClN3O6Pt-. The van der Waals surface area contributed by atoms with Crippen LogP contribution in [-0.2, 0) is 35.4 Å². The summed E-state index contributed by atoms with van der Waals surface area (Å²) in [5.41, 5.74) is 1.20. The van der Waals surface area contributed by atoms with Crippen LogP contribution in [0.2, 0.25) is 0 Å². The Morgan fingerprint density at radius 3 is 2.04 bits per heavy atom. The molecule has 1 aromatic carbocycles. The number of aryl methyl sites for hydroxylation is 1. The summed E-state index contributed by atoms with van der Waals surface area (Å²) in [5, 5.41) is 23.8. The standard InChI is InChI=1S/C12H13N2.C2H2O4.ClH.HNO2.Pt/c1-10(11-6-4-3-5-7-11)12-13-8-9-14(12)2;3-1(4)2(5)6;;2-1-3;/h3-10H,1H2,2H3;(H,3,4)(H,5,6);1H;(H,2,3);/q-1;;;;+2/p-2. The quantitative estimate of drug-likeness (QED) is 0.252. The molecule has 0 aliphatic carbocycles. The number of aromatic nitrogens is 2. The fraction of sp³-hybridized carbons (Fsp3) is 0.143. The number of hydrogen-bond donors (Lipinski definition) is 2. The van der Waals surface area contributed by atoms with Crippen LogP contribution in [0, 0.1) is 17.0 Å². The van der Waals surface area contributed by atoms with Gasteiger partial charge in [0, 0.05) is 19.4 Å². The number of carbonyl (C=O) groups is 2. The summed E-state index contributed by atoms with van der Waals surface area (Å²) < 4.78 is 2.00. The van der Waals surface area contributed by atoms with Crippen molar-refractivity contribution in [3.63, 3.8) is 0 Å². The fourth-order valence-electron chi connectivity index (χ4n) is 1.55. The molecule has 0 spiro atoms. The zero-order chi connectivity index (χ0) is 19.8. The van der Waals surface area contributed by atoms with Gasteiger partial charge in [-0.2, -0.15) is 0 Å². The van der Waals surface area contributed by atoms with E-state index in [4.69, 9.17) is 29.9 Å². The summed E-state index contributed by atoms with van der Waals surface area (Å²) in [4.78, 5) is 30.5. The molecule has 2 rings (SSSR count). The number of halogens is 1. The van der Waals surface area contributed by atoms with E-state index in [9.17, 15) is 0 Å². The molecule has 2 N–H and O–H groups in total. The maximum absolute atomic E-state index is 9.10. The van der Waals surface area contributed by atoms with Crippen LogP contribution in [0.5, 0.6) is 0 Å². The Morgan fingerprint density at radius 2 is 1.72 bits per heavy atom. The third kappa shape index (κ3) is 11.0. The molecule has 11 heteroatoms. The van der Waals surface area contributed by atoms with Gasteiger partial charge in [-0.05, 0) is 0 Å². The summed E-state index contributed by atoms with van der Waals surface area (Å²) in [6.07, 6.45) is 3.74. The van der Waals surface area contributed by atoms with E-state index >= 15 is 0 Å². The molecule has 1 unspecified atom stereocenters. The van der Waals surface area contributed by atoms with Crippen molar-refractivity contribution in [1.29, 1.82) is 0 Å². The number of benzene rings is 1. The predicted octanol–water partition coefficient (Wildman–Crippen LogP) is 2.48. The zero-order valence-corrected chi connectivity index (χ0v) is 15.9. The van der Waals surface area contributed by atoms with Gasteiger partial charge in [-0.15, -0.1) is 5.34 Å². The van der Waals surface area contributed by atoms with Gasteiger partial charge in [0.2, 0.25) is 0 Å². The predicted molar refractivity (Wildman–Crippen MR) is 87.1 cm³/mol. The van der Waals surface area contributed by atoms with Gasteiger partial charge in [0.25, 0.3) is 0 Å². The molecule has 1 atom stereocenters. The Bertz CT molecular complexity index is 627. The van der Waals surface area contributed by atoms with Crippen LogP contribution in [0.15, 0.2) is 48.1 Å². The average Bonchev–Trinajstić information content (AvgIpc) is 3.04. The molecule has 1 aromatic heterocycles. The third-order valence-electron chi connectivity index (χ3n) is 2.56. The number of imidazole rings is 1. The summed E-state index contributed by atoms with van der Waals surface area (Å²) >= 11 is 1.61. The van der Waals surface area contributed by atoms with Crippen LogP contribution in [0.25, 0.3) is 0 Å². The van der Waals surface area contributed by atoms with E-state index in [2.05, 4.69) is 33.5 Å². The van der Waals surface area contributed by atoms with Crippen molar-refractivity contribution >= 4 is 21.4 Å². The topological polar surface area (TPSA) is 145 Å². The minimum absolute atomic E-state index is 0.108. The van der Waals surface area contributed by atoms with Gasteiger partial charge < -0.3 is 31.8 Å². The van der Waals surface area contributed by atoms with E-state index in [0.717, 1.165) is 11.2 Å². The first-order valence-electron chi connectivity index (χ1n) is 6.23. The van der Waals surface area contributed by atoms with Crippen molar-refractivity contribution in [2.45, 2.75) is 5.92 Å². The molecule has 9 nitrogen and oxygen atoms in total. The molecule has 0 bridgehead atoms. The molecule has 0 amide bonds. The van der Waals surface area contributed by atoms with Crippen molar-refractivity contribution in [2.24, 2.45) is 12.4 Å². The van der Waals surface area contributed by atoms with Crippen molar-refractivity contribution < 1.29 is 38.6 Å². The van der Waals surface area contributed by atoms with Crippen LogP contribution >= 0.6 is 9.42 Å². The van der Waals surface area contributed by atoms with E-state index in [-0.39, 0.29) is 5.92 Å². The van der Waals surface area contributed by atoms with E-state index in [1.165, 1.54) is 5.56 Å². The molecule has 0 fully saturated rings. The van der Waals surface area contributed by atoms with Gasteiger partial charge >= 0.3 is 40.1 Å². The van der Waals surface area contributed by atoms with Gasteiger partial charge in [0.05, 0.1) is 5.82 Å². The Morgan fingerprint density at radius 1 is 1.28 bits per heavy atom. The normalized spacial score (nSPS) is 9.64. The van der Waals surface area contributed by atoms with Crippen molar-refractivity contribution in [3.8, 4) is 0 Å². The molecule has 0 aliphatic heterocycles. The molecule has 0 saturated heterocycles. The first-order chi connectivity index (χ1) is 11.8. The van der Waals surface area contributed by atoms with Crippen molar-refractivity contribution in [2.75, 3.05) is 0 Å². The van der Waals surface area contributed by atoms with Crippen LogP contribution in [0.4, 0.5) is 0 Å². The third-order valence-corrected chi connectivity index (χ3v) is 2.56.